The highest BCUT2D eigenvalue weighted by Gasteiger charge is 2.36. The van der Waals surface area contributed by atoms with Crippen molar-refractivity contribution < 1.29 is 4.79 Å². The summed E-state index contributed by atoms with van der Waals surface area (Å²) in [6, 6.07) is 8.51. The average Bonchev–Trinajstić information content (AvgIpc) is 2.93. The monoisotopic (exact) mass is 288 g/mol. The van der Waals surface area contributed by atoms with Crippen molar-refractivity contribution in [2.45, 2.75) is 58.9 Å². The Labute approximate surface area is 128 Å². The predicted molar refractivity (Wildman–Crippen MR) is 88.4 cm³/mol. The molecule has 1 aromatic carbocycles. The summed E-state index contributed by atoms with van der Waals surface area (Å²) in [7, 11) is 0. The second-order valence-electron chi connectivity index (χ2n) is 6.52. The molecule has 1 amide bonds. The van der Waals surface area contributed by atoms with Crippen molar-refractivity contribution in [3.63, 3.8) is 0 Å². The predicted octanol–water partition coefficient (Wildman–Crippen LogP) is 4.27. The fourth-order valence-electron chi connectivity index (χ4n) is 3.03. The fraction of sp³-hybridized carbons (Fsp3) is 0.611. The van der Waals surface area contributed by atoms with E-state index in [9.17, 15) is 4.79 Å². The molecule has 0 saturated heterocycles. The molecule has 1 unspecified atom stereocenters. The molecule has 0 aromatic heterocycles. The quantitative estimate of drug-likeness (QED) is 0.821. The normalized spacial score (nSPS) is 18.4. The molecule has 0 spiro atoms. The molecule has 116 valence electrons. The zero-order valence-electron chi connectivity index (χ0n) is 13.5. The number of benzene rings is 1. The van der Waals surface area contributed by atoms with Crippen LogP contribution in [-0.4, -0.2) is 12.5 Å². The SMILES string of the molecule is CCCNC(C)c1cccc(NC(=O)C2(C)CCCC2)c1. The van der Waals surface area contributed by atoms with Gasteiger partial charge in [-0.15, -0.1) is 0 Å². The smallest absolute Gasteiger partial charge is 0.230 e. The van der Waals surface area contributed by atoms with Gasteiger partial charge in [0.2, 0.25) is 5.91 Å². The van der Waals surface area contributed by atoms with Crippen molar-refractivity contribution >= 4 is 11.6 Å². The van der Waals surface area contributed by atoms with E-state index in [1.165, 1.54) is 18.4 Å². The minimum atomic E-state index is -0.178. The van der Waals surface area contributed by atoms with E-state index >= 15 is 0 Å². The molecule has 0 bridgehead atoms. The summed E-state index contributed by atoms with van der Waals surface area (Å²) in [6.45, 7) is 7.42. The van der Waals surface area contributed by atoms with Gasteiger partial charge in [-0.05, 0) is 50.4 Å². The maximum atomic E-state index is 12.5. The van der Waals surface area contributed by atoms with Crippen LogP contribution in [-0.2, 0) is 4.79 Å². The lowest BCUT2D eigenvalue weighted by Crippen LogP contribution is -2.30. The molecule has 2 rings (SSSR count). The number of carbonyl (C=O) groups is 1. The summed E-state index contributed by atoms with van der Waals surface area (Å²) in [5.41, 5.74) is 1.95. The van der Waals surface area contributed by atoms with Crippen molar-refractivity contribution in [1.29, 1.82) is 0 Å². The molecule has 1 fully saturated rings. The summed E-state index contributed by atoms with van der Waals surface area (Å²) in [5.74, 6) is 0.173. The van der Waals surface area contributed by atoms with Crippen molar-refractivity contribution in [2.24, 2.45) is 5.41 Å². The Kier molecular flexibility index (Phi) is 5.40. The Bertz CT molecular complexity index is 478. The van der Waals surface area contributed by atoms with Crippen LogP contribution in [0.4, 0.5) is 5.69 Å². The number of anilines is 1. The van der Waals surface area contributed by atoms with E-state index in [4.69, 9.17) is 0 Å². The van der Waals surface area contributed by atoms with Crippen LogP contribution in [0, 0.1) is 5.41 Å². The highest BCUT2D eigenvalue weighted by atomic mass is 16.2. The number of hydrogen-bond donors (Lipinski definition) is 2. The maximum Gasteiger partial charge on any atom is 0.230 e. The Morgan fingerprint density at radius 2 is 2.05 bits per heavy atom. The van der Waals surface area contributed by atoms with E-state index < -0.39 is 0 Å². The summed E-state index contributed by atoms with van der Waals surface area (Å²) in [6.07, 6.45) is 5.48. The zero-order valence-corrected chi connectivity index (χ0v) is 13.5. The molecular weight excluding hydrogens is 260 g/mol. The zero-order chi connectivity index (χ0) is 15.3. The minimum Gasteiger partial charge on any atom is -0.326 e. The lowest BCUT2D eigenvalue weighted by molar-refractivity contribution is -0.124. The molecule has 0 radical (unpaired) electrons. The van der Waals surface area contributed by atoms with Gasteiger partial charge >= 0.3 is 0 Å². The van der Waals surface area contributed by atoms with E-state index in [-0.39, 0.29) is 11.3 Å². The highest BCUT2D eigenvalue weighted by molar-refractivity contribution is 5.95. The molecule has 0 heterocycles. The Hall–Kier alpha value is -1.35. The second kappa shape index (κ2) is 7.08. The van der Waals surface area contributed by atoms with Crippen molar-refractivity contribution in [2.75, 3.05) is 11.9 Å². The van der Waals surface area contributed by atoms with Crippen LogP contribution in [0.25, 0.3) is 0 Å². The van der Waals surface area contributed by atoms with Gasteiger partial charge in [-0.2, -0.15) is 0 Å². The van der Waals surface area contributed by atoms with Gasteiger partial charge in [-0.1, -0.05) is 38.8 Å². The van der Waals surface area contributed by atoms with Crippen LogP contribution >= 0.6 is 0 Å². The third kappa shape index (κ3) is 4.07. The van der Waals surface area contributed by atoms with E-state index in [0.29, 0.717) is 6.04 Å². The van der Waals surface area contributed by atoms with Crippen molar-refractivity contribution in [3.8, 4) is 0 Å². The third-order valence-electron chi connectivity index (χ3n) is 4.60. The number of hydrogen-bond acceptors (Lipinski definition) is 2. The first-order valence-corrected chi connectivity index (χ1v) is 8.20. The van der Waals surface area contributed by atoms with E-state index in [1.807, 2.05) is 12.1 Å². The molecule has 0 aliphatic heterocycles. The van der Waals surface area contributed by atoms with Gasteiger partial charge in [0.05, 0.1) is 0 Å². The summed E-state index contributed by atoms with van der Waals surface area (Å²) in [4.78, 5) is 12.5. The van der Waals surface area contributed by atoms with Gasteiger partial charge in [0, 0.05) is 17.1 Å². The van der Waals surface area contributed by atoms with E-state index in [0.717, 1.165) is 31.5 Å². The number of nitrogens with one attached hydrogen (secondary N) is 2. The summed E-state index contributed by atoms with van der Waals surface area (Å²) in [5, 5.41) is 6.59. The second-order valence-corrected chi connectivity index (χ2v) is 6.52. The first-order valence-electron chi connectivity index (χ1n) is 8.20. The average molecular weight is 288 g/mol. The molecule has 2 N–H and O–H groups in total. The number of amides is 1. The van der Waals surface area contributed by atoms with Crippen molar-refractivity contribution in [3.05, 3.63) is 29.8 Å². The van der Waals surface area contributed by atoms with Crippen LogP contribution in [0.15, 0.2) is 24.3 Å². The summed E-state index contributed by atoms with van der Waals surface area (Å²) < 4.78 is 0. The molecule has 3 nitrogen and oxygen atoms in total. The largest absolute Gasteiger partial charge is 0.326 e. The van der Waals surface area contributed by atoms with Crippen LogP contribution in [0.2, 0.25) is 0 Å². The standard InChI is InChI=1S/C18H28N2O/c1-4-12-19-14(2)15-8-7-9-16(13-15)20-17(21)18(3)10-5-6-11-18/h7-9,13-14,19H,4-6,10-12H2,1-3H3,(H,20,21). The van der Waals surface area contributed by atoms with Gasteiger partial charge in [-0.25, -0.2) is 0 Å². The van der Waals surface area contributed by atoms with Gasteiger partial charge in [0.1, 0.15) is 0 Å². The van der Waals surface area contributed by atoms with Crippen LogP contribution < -0.4 is 10.6 Å². The molecule has 1 atom stereocenters. The van der Waals surface area contributed by atoms with Gasteiger partial charge in [-0.3, -0.25) is 4.79 Å². The Balaban J connectivity index is 2.02. The lowest BCUT2D eigenvalue weighted by atomic mass is 9.88. The topological polar surface area (TPSA) is 41.1 Å². The molecular formula is C18H28N2O. The van der Waals surface area contributed by atoms with Gasteiger partial charge in [0.15, 0.2) is 0 Å². The minimum absolute atomic E-state index is 0.173. The Morgan fingerprint density at radius 1 is 1.33 bits per heavy atom. The van der Waals surface area contributed by atoms with Crippen LogP contribution in [0.1, 0.15) is 64.5 Å². The van der Waals surface area contributed by atoms with Gasteiger partial charge < -0.3 is 10.6 Å². The Morgan fingerprint density at radius 3 is 2.71 bits per heavy atom. The molecule has 1 saturated carbocycles. The lowest BCUT2D eigenvalue weighted by Gasteiger charge is -2.23. The molecule has 1 aliphatic carbocycles. The maximum absolute atomic E-state index is 12.5. The van der Waals surface area contributed by atoms with Crippen LogP contribution in [0.5, 0.6) is 0 Å². The number of carbonyl (C=O) groups excluding carboxylic acids is 1. The molecule has 1 aromatic rings. The van der Waals surface area contributed by atoms with Crippen molar-refractivity contribution in [1.82, 2.24) is 5.32 Å². The highest BCUT2D eigenvalue weighted by Crippen LogP contribution is 2.38. The first-order chi connectivity index (χ1) is 10.0. The molecule has 3 heteroatoms. The van der Waals surface area contributed by atoms with E-state index in [1.54, 1.807) is 0 Å². The molecule has 21 heavy (non-hydrogen) atoms. The number of rotatable bonds is 6. The van der Waals surface area contributed by atoms with Crippen LogP contribution in [0.3, 0.4) is 0 Å². The summed E-state index contributed by atoms with van der Waals surface area (Å²) >= 11 is 0. The first kappa shape index (κ1) is 16.0. The molecule has 1 aliphatic rings. The van der Waals surface area contributed by atoms with E-state index in [2.05, 4.69) is 43.5 Å². The van der Waals surface area contributed by atoms with Gasteiger partial charge in [0.25, 0.3) is 0 Å². The fourth-order valence-corrected chi connectivity index (χ4v) is 3.03. The third-order valence-corrected chi connectivity index (χ3v) is 4.60.